The Bertz CT molecular complexity index is 1700. The van der Waals surface area contributed by atoms with Crippen LogP contribution >= 0.6 is 0 Å². The van der Waals surface area contributed by atoms with Gasteiger partial charge in [0, 0.05) is 6.42 Å². The molecule has 0 aromatic carbocycles. The lowest BCUT2D eigenvalue weighted by molar-refractivity contribution is -0.305. The lowest BCUT2D eigenvalue weighted by Gasteiger charge is -2.41. The first-order valence-electron chi connectivity index (χ1n) is 38.6. The molecule has 1 heterocycles. The fourth-order valence-electron chi connectivity index (χ4n) is 12.1. The summed E-state index contributed by atoms with van der Waals surface area (Å²) < 4.78 is 17.7. The molecule has 11 heteroatoms. The summed E-state index contributed by atoms with van der Waals surface area (Å²) in [4.78, 5) is 26.7. The zero-order valence-corrected chi connectivity index (χ0v) is 58.8. The number of aliphatic hydroxyl groups excluding tert-OH is 5. The van der Waals surface area contributed by atoms with Gasteiger partial charge in [0.1, 0.15) is 24.4 Å². The molecule has 0 spiro atoms. The zero-order chi connectivity index (χ0) is 65.3. The van der Waals surface area contributed by atoms with E-state index in [1.54, 1.807) is 6.08 Å². The lowest BCUT2D eigenvalue weighted by atomic mass is 9.99. The second-order valence-electron chi connectivity index (χ2n) is 26.7. The fourth-order valence-corrected chi connectivity index (χ4v) is 12.1. The molecule has 1 amide bonds. The number of unbranched alkanes of at least 4 members (excludes halogenated alkanes) is 45. The van der Waals surface area contributed by atoms with Crippen LogP contribution in [0.4, 0.5) is 0 Å². The SMILES string of the molecule is CCCCC/C=C\C/C=C\C/C=C\CCCCCCCCCCCCC(=O)OC1C(OCC(NC(=O)C(O)CCCCCCCCCCCCCCCCCC/C=C/CCCCCCCC)C(O)/C=C/CCCCCCCCCCCC)OC(CO)C(O)C1O. The van der Waals surface area contributed by atoms with Crippen LogP contribution in [0.15, 0.2) is 60.8 Å². The van der Waals surface area contributed by atoms with Crippen molar-refractivity contribution in [1.29, 1.82) is 0 Å². The minimum absolute atomic E-state index is 0.119. The quantitative estimate of drug-likeness (QED) is 0.0195. The van der Waals surface area contributed by atoms with Gasteiger partial charge < -0.3 is 45.1 Å². The number of hydrogen-bond acceptors (Lipinski definition) is 10. The first-order valence-corrected chi connectivity index (χ1v) is 38.6. The second-order valence-corrected chi connectivity index (χ2v) is 26.7. The van der Waals surface area contributed by atoms with Crippen LogP contribution in [0.3, 0.4) is 0 Å². The Kier molecular flexibility index (Phi) is 63.0. The van der Waals surface area contributed by atoms with E-state index in [4.69, 9.17) is 14.2 Å². The van der Waals surface area contributed by atoms with Crippen molar-refractivity contribution in [3.63, 3.8) is 0 Å². The third-order valence-corrected chi connectivity index (χ3v) is 18.1. The Morgan fingerprint density at radius 1 is 0.433 bits per heavy atom. The van der Waals surface area contributed by atoms with Crippen LogP contribution in [-0.2, 0) is 23.8 Å². The van der Waals surface area contributed by atoms with Crippen molar-refractivity contribution in [1.82, 2.24) is 5.32 Å². The molecule has 6 N–H and O–H groups in total. The number of carbonyl (C=O) groups excluding carboxylic acids is 2. The maximum Gasteiger partial charge on any atom is 0.306 e. The molecule has 0 radical (unpaired) electrons. The second kappa shape index (κ2) is 66.4. The van der Waals surface area contributed by atoms with Crippen LogP contribution in [-0.4, -0.2) is 99.6 Å². The number of carbonyl (C=O) groups is 2. The molecule has 0 aromatic heterocycles. The van der Waals surface area contributed by atoms with E-state index in [1.165, 1.54) is 244 Å². The summed E-state index contributed by atoms with van der Waals surface area (Å²) >= 11 is 0. The molecular weight excluding hydrogens is 1120 g/mol. The molecule has 0 saturated carbocycles. The van der Waals surface area contributed by atoms with E-state index in [9.17, 15) is 35.1 Å². The maximum absolute atomic E-state index is 13.5. The van der Waals surface area contributed by atoms with Crippen LogP contribution in [0.1, 0.15) is 367 Å². The van der Waals surface area contributed by atoms with E-state index in [2.05, 4.69) is 74.7 Å². The number of hydrogen-bond donors (Lipinski definition) is 6. The minimum atomic E-state index is -1.62. The van der Waals surface area contributed by atoms with Gasteiger partial charge in [0.2, 0.25) is 5.91 Å². The molecule has 526 valence electrons. The Balaban J connectivity index is 2.51. The van der Waals surface area contributed by atoms with Gasteiger partial charge in [0.15, 0.2) is 12.4 Å². The molecule has 8 atom stereocenters. The summed E-state index contributed by atoms with van der Waals surface area (Å²) in [5, 5.41) is 57.4. The van der Waals surface area contributed by atoms with E-state index in [0.29, 0.717) is 19.3 Å². The smallest absolute Gasteiger partial charge is 0.306 e. The monoisotopic (exact) mass is 1270 g/mol. The van der Waals surface area contributed by atoms with Gasteiger partial charge in [0.25, 0.3) is 0 Å². The van der Waals surface area contributed by atoms with Gasteiger partial charge in [-0.25, -0.2) is 0 Å². The maximum atomic E-state index is 13.5. The topological polar surface area (TPSA) is 175 Å². The van der Waals surface area contributed by atoms with Crippen molar-refractivity contribution in [3.8, 4) is 0 Å². The van der Waals surface area contributed by atoms with Crippen LogP contribution in [0.5, 0.6) is 0 Å². The molecule has 1 aliphatic heterocycles. The van der Waals surface area contributed by atoms with E-state index in [0.717, 1.165) is 77.0 Å². The number of rotatable bonds is 67. The highest BCUT2D eigenvalue weighted by Gasteiger charge is 2.47. The van der Waals surface area contributed by atoms with E-state index in [1.807, 2.05) is 6.08 Å². The van der Waals surface area contributed by atoms with Crippen molar-refractivity contribution in [2.75, 3.05) is 13.2 Å². The zero-order valence-electron chi connectivity index (χ0n) is 58.8. The standard InChI is InChI=1S/C79H145NO10/c1-4-7-10-13-16-19-22-25-27-29-31-33-35-36-37-39-40-42-44-46-48-51-54-57-60-63-66-72(83)78(87)80-70(71(82)65-62-59-56-53-50-24-21-18-15-12-9-6-3)69-88-79-77(76(86)75(85)73(68-81)89-79)90-74(84)67-64-61-58-55-52-49-47-45-43-41-38-34-32-30-28-26-23-20-17-14-11-8-5-2/h17,20,25-28,32,34,62,65,70-73,75-77,79,81-83,85-86H,4-16,18-19,21-24,29-31,33,35-61,63-64,66-69H2,1-3H3,(H,80,87)/b20-17-,27-25+,28-26-,34-32-,65-62+. The summed E-state index contributed by atoms with van der Waals surface area (Å²) in [6.45, 7) is 5.81. The van der Waals surface area contributed by atoms with Crippen LogP contribution in [0.2, 0.25) is 0 Å². The van der Waals surface area contributed by atoms with Gasteiger partial charge in [-0.2, -0.15) is 0 Å². The Morgan fingerprint density at radius 2 is 0.767 bits per heavy atom. The average molecular weight is 1270 g/mol. The molecule has 8 unspecified atom stereocenters. The molecule has 0 bridgehead atoms. The van der Waals surface area contributed by atoms with Crippen molar-refractivity contribution in [3.05, 3.63) is 60.8 Å². The van der Waals surface area contributed by atoms with E-state index >= 15 is 0 Å². The average Bonchev–Trinajstić information content (AvgIpc) is 3.11. The fraction of sp³-hybridized carbons (Fsp3) is 0.848. The van der Waals surface area contributed by atoms with Crippen molar-refractivity contribution < 1.29 is 49.3 Å². The Hall–Kier alpha value is -2.64. The van der Waals surface area contributed by atoms with Crippen LogP contribution in [0, 0.1) is 0 Å². The first-order chi connectivity index (χ1) is 44.2. The van der Waals surface area contributed by atoms with Crippen molar-refractivity contribution in [2.24, 2.45) is 0 Å². The Labute approximate surface area is 554 Å². The van der Waals surface area contributed by atoms with Gasteiger partial charge in [-0.15, -0.1) is 0 Å². The third-order valence-electron chi connectivity index (χ3n) is 18.1. The summed E-state index contributed by atoms with van der Waals surface area (Å²) in [5.74, 6) is -1.18. The summed E-state index contributed by atoms with van der Waals surface area (Å²) in [7, 11) is 0. The lowest BCUT2D eigenvalue weighted by Crippen LogP contribution is -2.61. The molecule has 1 rings (SSSR count). The van der Waals surface area contributed by atoms with Crippen LogP contribution in [0.25, 0.3) is 0 Å². The summed E-state index contributed by atoms with van der Waals surface area (Å²) in [5.41, 5.74) is 0. The predicted molar refractivity (Wildman–Crippen MR) is 380 cm³/mol. The van der Waals surface area contributed by atoms with Gasteiger partial charge >= 0.3 is 5.97 Å². The molecular formula is C79H145NO10. The van der Waals surface area contributed by atoms with Gasteiger partial charge in [-0.1, -0.05) is 332 Å². The highest BCUT2D eigenvalue weighted by atomic mass is 16.7. The first kappa shape index (κ1) is 85.4. The predicted octanol–water partition coefficient (Wildman–Crippen LogP) is 20.5. The normalized spacial score (nSPS) is 18.3. The molecule has 1 fully saturated rings. The molecule has 1 saturated heterocycles. The van der Waals surface area contributed by atoms with E-state index in [-0.39, 0.29) is 13.0 Å². The number of esters is 1. The number of nitrogens with one attached hydrogen (secondary N) is 1. The highest BCUT2D eigenvalue weighted by Crippen LogP contribution is 2.27. The number of aliphatic hydroxyl groups is 5. The minimum Gasteiger partial charge on any atom is -0.454 e. The molecule has 0 aliphatic carbocycles. The molecule has 0 aromatic rings. The van der Waals surface area contributed by atoms with Crippen LogP contribution < -0.4 is 5.32 Å². The molecule has 11 nitrogen and oxygen atoms in total. The van der Waals surface area contributed by atoms with Crippen molar-refractivity contribution >= 4 is 11.9 Å². The summed E-state index contributed by atoms with van der Waals surface area (Å²) in [6, 6.07) is -1.03. The van der Waals surface area contributed by atoms with Gasteiger partial charge in [-0.3, -0.25) is 9.59 Å². The third kappa shape index (κ3) is 52.7. The Morgan fingerprint density at radius 3 is 1.18 bits per heavy atom. The number of amides is 1. The molecule has 1 aliphatic rings. The largest absolute Gasteiger partial charge is 0.454 e. The number of allylic oxidation sites excluding steroid dienone is 9. The molecule has 90 heavy (non-hydrogen) atoms. The van der Waals surface area contributed by atoms with Crippen molar-refractivity contribution in [2.45, 2.75) is 416 Å². The number of ether oxygens (including phenoxy) is 3. The highest BCUT2D eigenvalue weighted by molar-refractivity contribution is 5.80. The van der Waals surface area contributed by atoms with Gasteiger partial charge in [-0.05, 0) is 89.9 Å². The summed E-state index contributed by atoms with van der Waals surface area (Å²) in [6.07, 6.45) is 75.5. The van der Waals surface area contributed by atoms with Gasteiger partial charge in [0.05, 0.1) is 25.4 Å². The van der Waals surface area contributed by atoms with E-state index < -0.39 is 67.4 Å².